The van der Waals surface area contributed by atoms with Gasteiger partial charge in [-0.15, -0.1) is 0 Å². The lowest BCUT2D eigenvalue weighted by Crippen LogP contribution is -1.78. The fourth-order valence-corrected chi connectivity index (χ4v) is 7.33. The Morgan fingerprint density at radius 3 is 1.52 bits per heavy atom. The van der Waals surface area contributed by atoms with E-state index in [-0.39, 0.29) is 0 Å². The summed E-state index contributed by atoms with van der Waals surface area (Å²) in [6.45, 7) is 0. The Hall–Kier alpha value is -3.48. The van der Waals surface area contributed by atoms with Crippen LogP contribution in [0.1, 0.15) is 0 Å². The summed E-state index contributed by atoms with van der Waals surface area (Å²) in [5.41, 5.74) is 4.96. The van der Waals surface area contributed by atoms with Crippen molar-refractivity contribution >= 4 is 28.5 Å². The number of benzene rings is 3. The molecule has 6 rings (SSSR count). The van der Waals surface area contributed by atoms with Crippen LogP contribution >= 0.6 is 7.53 Å². The van der Waals surface area contributed by atoms with E-state index in [0.29, 0.717) is 0 Å². The van der Waals surface area contributed by atoms with Crippen molar-refractivity contribution in [3.05, 3.63) is 103 Å². The first kappa shape index (κ1) is 16.5. The van der Waals surface area contributed by atoms with Crippen LogP contribution in [0, 0.1) is 0 Å². The van der Waals surface area contributed by atoms with Crippen molar-refractivity contribution < 1.29 is 0 Å². The Bertz CT molecular complexity index is 1330. The monoisotopic (exact) mass is 390 g/mol. The van der Waals surface area contributed by atoms with Crippen LogP contribution in [0.2, 0.25) is 0 Å². The summed E-state index contributed by atoms with van der Waals surface area (Å²) >= 11 is 0. The largest absolute Gasteiger partial charge is 0.361 e. The number of hydrogen-bond donors (Lipinski definition) is 2. The predicted octanol–water partition coefficient (Wildman–Crippen LogP) is 7.96. The van der Waals surface area contributed by atoms with E-state index in [2.05, 4.69) is 101 Å². The average Bonchev–Trinajstić information content (AvgIpc) is 3.54. The third-order valence-electron chi connectivity index (χ3n) is 5.60. The zero-order valence-electron chi connectivity index (χ0n) is 15.8. The second-order valence-corrected chi connectivity index (χ2v) is 9.32. The van der Waals surface area contributed by atoms with Gasteiger partial charge in [0.15, 0.2) is 0 Å². The molecule has 2 nitrogen and oxygen atoms in total. The molecule has 0 aliphatic carbocycles. The zero-order valence-corrected chi connectivity index (χ0v) is 16.7. The van der Waals surface area contributed by atoms with Gasteiger partial charge < -0.3 is 9.97 Å². The van der Waals surface area contributed by atoms with Crippen LogP contribution in [-0.2, 0) is 0 Å². The lowest BCUT2D eigenvalue weighted by molar-refractivity contribution is 1.41. The molecule has 0 spiro atoms. The molecule has 0 saturated carbocycles. The molecule has 0 aliphatic heterocycles. The molecule has 0 aliphatic rings. The van der Waals surface area contributed by atoms with Crippen LogP contribution in [-0.4, -0.2) is 9.97 Å². The third-order valence-corrected chi connectivity index (χ3v) is 8.27. The Balaban J connectivity index is 1.85. The smallest absolute Gasteiger partial charge is 0.0463 e. The molecule has 0 amide bonds. The van der Waals surface area contributed by atoms with Crippen LogP contribution in [0.4, 0.5) is 0 Å². The number of aromatic nitrogens is 2. The minimum atomic E-state index is -0.663. The van der Waals surface area contributed by atoms with Crippen molar-refractivity contribution in [1.29, 1.82) is 0 Å². The van der Waals surface area contributed by atoms with E-state index >= 15 is 0 Å². The van der Waals surface area contributed by atoms with E-state index < -0.39 is 7.53 Å². The maximum Gasteiger partial charge on any atom is 0.0463 e. The van der Waals surface area contributed by atoms with Gasteiger partial charge in [0, 0.05) is 45.1 Å². The van der Waals surface area contributed by atoms with Gasteiger partial charge in [0.1, 0.15) is 0 Å². The van der Waals surface area contributed by atoms with Gasteiger partial charge in [-0.2, -0.15) is 0 Å². The first-order valence-corrected chi connectivity index (χ1v) is 11.1. The van der Waals surface area contributed by atoms with E-state index in [1.165, 1.54) is 48.8 Å². The summed E-state index contributed by atoms with van der Waals surface area (Å²) in [6.07, 6.45) is 4.01. The van der Waals surface area contributed by atoms with E-state index in [0.717, 1.165) is 0 Å². The predicted molar refractivity (Wildman–Crippen MR) is 125 cm³/mol. The van der Waals surface area contributed by atoms with Crippen molar-refractivity contribution in [2.45, 2.75) is 0 Å². The second kappa shape index (κ2) is 6.55. The molecule has 3 heterocycles. The highest BCUT2D eigenvalue weighted by atomic mass is 31.1. The summed E-state index contributed by atoms with van der Waals surface area (Å²) in [5.74, 6) is 0. The van der Waals surface area contributed by atoms with E-state index in [1.807, 2.05) is 12.4 Å². The van der Waals surface area contributed by atoms with E-state index in [4.69, 9.17) is 0 Å². The Morgan fingerprint density at radius 1 is 0.483 bits per heavy atom. The van der Waals surface area contributed by atoms with Crippen molar-refractivity contribution in [2.75, 3.05) is 0 Å². The van der Waals surface area contributed by atoms with Gasteiger partial charge in [0.25, 0.3) is 0 Å². The molecular formula is C26H19N2P. The number of hydrogen-bond acceptors (Lipinski definition) is 0. The number of nitrogens with one attached hydrogen (secondary N) is 2. The fourth-order valence-electron chi connectivity index (χ4n) is 4.38. The quantitative estimate of drug-likeness (QED) is 0.307. The molecule has 0 fully saturated rings. The maximum atomic E-state index is 3.43. The molecule has 0 radical (unpaired) electrons. The topological polar surface area (TPSA) is 31.6 Å². The first-order valence-electron chi connectivity index (χ1n) is 9.81. The van der Waals surface area contributed by atoms with Gasteiger partial charge in [-0.25, -0.2) is 0 Å². The Labute approximate surface area is 169 Å². The number of rotatable bonds is 3. The molecule has 3 aromatic carbocycles. The highest BCUT2D eigenvalue weighted by Gasteiger charge is 2.20. The van der Waals surface area contributed by atoms with Gasteiger partial charge in [0.05, 0.1) is 0 Å². The normalized spacial score (nSPS) is 11.4. The van der Waals surface area contributed by atoms with Crippen molar-refractivity contribution in [3.8, 4) is 27.8 Å². The minimum Gasteiger partial charge on any atom is -0.361 e. The molecule has 0 saturated heterocycles. The highest BCUT2D eigenvalue weighted by molar-refractivity contribution is 7.68. The number of H-pyrrole nitrogens is 2. The van der Waals surface area contributed by atoms with Gasteiger partial charge in [0.2, 0.25) is 0 Å². The molecule has 138 valence electrons. The van der Waals surface area contributed by atoms with Gasteiger partial charge >= 0.3 is 0 Å². The van der Waals surface area contributed by atoms with Crippen molar-refractivity contribution in [1.82, 2.24) is 9.97 Å². The van der Waals surface area contributed by atoms with E-state index in [1.54, 1.807) is 0 Å². The Morgan fingerprint density at radius 2 is 1.03 bits per heavy atom. The third kappa shape index (κ3) is 2.50. The van der Waals surface area contributed by atoms with Crippen LogP contribution in [0.5, 0.6) is 0 Å². The number of fused-ring (bicyclic) bond motifs is 3. The summed E-state index contributed by atoms with van der Waals surface area (Å²) in [4.78, 5) is 6.86. The molecule has 0 atom stereocenters. The standard InChI is InChI=1S/C26H19N2P/c1-2-8-18(9-3-1)29-25-19(10-4-12-21(25)23-14-6-16-27-23)20-11-5-13-22(26(20)29)24-15-7-17-28-24/h1-17,27-28H. The SMILES string of the molecule is c1ccc(-p2c3c(-c4ccc[nH]4)cccc3c3cccc(-c4ccc[nH]4)c32)cc1. The van der Waals surface area contributed by atoms with Crippen molar-refractivity contribution in [2.24, 2.45) is 0 Å². The second-order valence-electron chi connectivity index (χ2n) is 7.24. The zero-order chi connectivity index (χ0) is 19.2. The molecule has 6 aromatic rings. The molecule has 29 heavy (non-hydrogen) atoms. The number of aromatic amines is 2. The molecule has 2 N–H and O–H groups in total. The van der Waals surface area contributed by atoms with Crippen molar-refractivity contribution in [3.63, 3.8) is 0 Å². The van der Waals surface area contributed by atoms with E-state index in [9.17, 15) is 0 Å². The minimum absolute atomic E-state index is 0.663. The lowest BCUT2D eigenvalue weighted by atomic mass is 10.0. The molecule has 3 aromatic heterocycles. The summed E-state index contributed by atoms with van der Waals surface area (Å²) in [5, 5.41) is 7.00. The van der Waals surface area contributed by atoms with Crippen LogP contribution in [0.3, 0.4) is 0 Å². The molecule has 0 unspecified atom stereocenters. The first-order chi connectivity index (χ1) is 14.4. The summed E-state index contributed by atoms with van der Waals surface area (Å²) in [6, 6.07) is 32.9. The van der Waals surface area contributed by atoms with Gasteiger partial charge in [-0.05, 0) is 40.3 Å². The fraction of sp³-hybridized carbons (Fsp3) is 0. The van der Waals surface area contributed by atoms with Crippen LogP contribution in [0.25, 0.3) is 48.8 Å². The van der Waals surface area contributed by atoms with Gasteiger partial charge in [-0.3, -0.25) is 0 Å². The van der Waals surface area contributed by atoms with Crippen LogP contribution in [0.15, 0.2) is 103 Å². The summed E-state index contributed by atoms with van der Waals surface area (Å²) < 4.78 is 0. The molecular weight excluding hydrogens is 371 g/mol. The Kier molecular flexibility index (Phi) is 3.72. The lowest BCUT2D eigenvalue weighted by Gasteiger charge is -2.09. The maximum absolute atomic E-state index is 3.43. The average molecular weight is 390 g/mol. The van der Waals surface area contributed by atoms with Gasteiger partial charge in [-0.1, -0.05) is 74.3 Å². The molecule has 3 heteroatoms. The highest BCUT2D eigenvalue weighted by Crippen LogP contribution is 2.59. The summed E-state index contributed by atoms with van der Waals surface area (Å²) in [7, 11) is -0.663. The molecule has 0 bridgehead atoms. The van der Waals surface area contributed by atoms with Crippen LogP contribution < -0.4 is 0 Å².